The molecule has 0 spiro atoms. The molecule has 0 radical (unpaired) electrons. The third-order valence-electron chi connectivity index (χ3n) is 2.47. The smallest absolute Gasteiger partial charge is 0.175 e. The van der Waals surface area contributed by atoms with Crippen LogP contribution in [0.5, 0.6) is 0 Å². The summed E-state index contributed by atoms with van der Waals surface area (Å²) in [7, 11) is 0. The number of anilines is 2. The summed E-state index contributed by atoms with van der Waals surface area (Å²) >= 11 is 10.9. The molecule has 98 valence electrons. The highest BCUT2D eigenvalue weighted by atomic mass is 35.5. The molecule has 0 aliphatic carbocycles. The molecule has 0 aromatic heterocycles. The Balaban J connectivity index is 2.05. The van der Waals surface area contributed by atoms with Crippen LogP contribution in [-0.4, -0.2) is 5.11 Å². The first-order chi connectivity index (χ1) is 9.04. The van der Waals surface area contributed by atoms with Crippen LogP contribution in [0.4, 0.5) is 15.8 Å². The largest absolute Gasteiger partial charge is 0.332 e. The first kappa shape index (κ1) is 13.8. The lowest BCUT2D eigenvalue weighted by atomic mass is 10.2. The minimum absolute atomic E-state index is 0.326. The quantitative estimate of drug-likeness (QED) is 0.792. The molecule has 2 aromatic carbocycles. The van der Waals surface area contributed by atoms with Gasteiger partial charge in [0.15, 0.2) is 5.11 Å². The van der Waals surface area contributed by atoms with E-state index in [-0.39, 0.29) is 5.82 Å². The van der Waals surface area contributed by atoms with Crippen molar-refractivity contribution in [3.8, 4) is 0 Å². The fourth-order valence-electron chi connectivity index (χ4n) is 1.55. The Hall–Kier alpha value is -1.65. The van der Waals surface area contributed by atoms with Crippen molar-refractivity contribution in [1.82, 2.24) is 0 Å². The van der Waals surface area contributed by atoms with Crippen molar-refractivity contribution >= 4 is 40.3 Å². The van der Waals surface area contributed by atoms with Gasteiger partial charge in [0.25, 0.3) is 0 Å². The lowest BCUT2D eigenvalue weighted by molar-refractivity contribution is 0.632. The fraction of sp³-hybridized carbons (Fsp3) is 0.0714. The van der Waals surface area contributed by atoms with Gasteiger partial charge in [-0.1, -0.05) is 17.7 Å². The number of nitrogens with one attached hydrogen (secondary N) is 2. The van der Waals surface area contributed by atoms with E-state index >= 15 is 0 Å². The van der Waals surface area contributed by atoms with Gasteiger partial charge in [-0.2, -0.15) is 0 Å². The zero-order valence-corrected chi connectivity index (χ0v) is 11.8. The molecule has 0 bridgehead atoms. The van der Waals surface area contributed by atoms with E-state index in [1.54, 1.807) is 36.4 Å². The molecule has 0 fully saturated rings. The van der Waals surface area contributed by atoms with Gasteiger partial charge in [0.1, 0.15) is 5.82 Å². The SMILES string of the molecule is Cc1ccc(F)c(NC(=S)Nc2ccc(Cl)cc2)c1. The van der Waals surface area contributed by atoms with E-state index in [2.05, 4.69) is 10.6 Å². The number of hydrogen-bond donors (Lipinski definition) is 2. The van der Waals surface area contributed by atoms with E-state index in [0.29, 0.717) is 15.8 Å². The summed E-state index contributed by atoms with van der Waals surface area (Å²) < 4.78 is 13.6. The van der Waals surface area contributed by atoms with Crippen molar-refractivity contribution in [2.45, 2.75) is 6.92 Å². The average molecular weight is 295 g/mol. The monoisotopic (exact) mass is 294 g/mol. The molecule has 0 atom stereocenters. The number of halogens is 2. The van der Waals surface area contributed by atoms with Crippen LogP contribution in [0, 0.1) is 12.7 Å². The van der Waals surface area contributed by atoms with E-state index in [4.69, 9.17) is 23.8 Å². The van der Waals surface area contributed by atoms with Crippen LogP contribution in [0.2, 0.25) is 5.02 Å². The molecule has 0 unspecified atom stereocenters. The normalized spacial score (nSPS) is 10.1. The molecule has 0 aliphatic heterocycles. The minimum atomic E-state index is -0.342. The Kier molecular flexibility index (Phi) is 4.35. The second kappa shape index (κ2) is 5.99. The van der Waals surface area contributed by atoms with Gasteiger partial charge in [-0.3, -0.25) is 0 Å². The van der Waals surface area contributed by atoms with Gasteiger partial charge in [0.2, 0.25) is 0 Å². The summed E-state index contributed by atoms with van der Waals surface area (Å²) in [5.41, 5.74) is 2.10. The number of rotatable bonds is 2. The van der Waals surface area contributed by atoms with Crippen LogP contribution in [0.15, 0.2) is 42.5 Å². The molecule has 5 heteroatoms. The van der Waals surface area contributed by atoms with Crippen molar-refractivity contribution in [2.75, 3.05) is 10.6 Å². The highest BCUT2D eigenvalue weighted by Crippen LogP contribution is 2.17. The maximum atomic E-state index is 13.6. The zero-order valence-electron chi connectivity index (χ0n) is 10.2. The number of thiocarbonyl (C=S) groups is 1. The first-order valence-electron chi connectivity index (χ1n) is 5.64. The lowest BCUT2D eigenvalue weighted by Gasteiger charge is -2.11. The van der Waals surface area contributed by atoms with Crippen molar-refractivity contribution in [2.24, 2.45) is 0 Å². The minimum Gasteiger partial charge on any atom is -0.332 e. The van der Waals surface area contributed by atoms with Gasteiger partial charge < -0.3 is 10.6 Å². The molecule has 0 amide bonds. The molecule has 2 N–H and O–H groups in total. The molecule has 2 nitrogen and oxygen atoms in total. The molecular weight excluding hydrogens is 283 g/mol. The van der Waals surface area contributed by atoms with Crippen molar-refractivity contribution in [1.29, 1.82) is 0 Å². The molecule has 0 heterocycles. The van der Waals surface area contributed by atoms with Crippen molar-refractivity contribution in [3.63, 3.8) is 0 Å². The van der Waals surface area contributed by atoms with Gasteiger partial charge in [0, 0.05) is 10.7 Å². The van der Waals surface area contributed by atoms with E-state index in [0.717, 1.165) is 11.3 Å². The lowest BCUT2D eigenvalue weighted by Crippen LogP contribution is -2.19. The van der Waals surface area contributed by atoms with Crippen LogP contribution in [0.3, 0.4) is 0 Å². The molecule has 0 saturated heterocycles. The summed E-state index contributed by atoms with van der Waals surface area (Å²) in [5, 5.41) is 6.76. The second-order valence-corrected chi connectivity index (χ2v) is 4.91. The van der Waals surface area contributed by atoms with E-state index in [9.17, 15) is 4.39 Å². The molecule has 19 heavy (non-hydrogen) atoms. The number of aryl methyl sites for hydroxylation is 1. The molecule has 0 saturated carbocycles. The van der Waals surface area contributed by atoms with E-state index in [1.165, 1.54) is 6.07 Å². The Labute approximate surface area is 121 Å². The van der Waals surface area contributed by atoms with Crippen LogP contribution in [0.25, 0.3) is 0 Å². The topological polar surface area (TPSA) is 24.1 Å². The van der Waals surface area contributed by atoms with Crippen LogP contribution in [-0.2, 0) is 0 Å². The summed E-state index contributed by atoms with van der Waals surface area (Å²) in [5.74, 6) is -0.342. The Morgan fingerprint density at radius 3 is 2.47 bits per heavy atom. The summed E-state index contributed by atoms with van der Waals surface area (Å²) in [6.45, 7) is 1.89. The van der Waals surface area contributed by atoms with Crippen LogP contribution in [0.1, 0.15) is 5.56 Å². The second-order valence-electron chi connectivity index (χ2n) is 4.07. The third-order valence-corrected chi connectivity index (χ3v) is 2.93. The Bertz CT molecular complexity index is 599. The molecule has 2 rings (SSSR count). The maximum absolute atomic E-state index is 13.6. The van der Waals surface area contributed by atoms with Crippen LogP contribution >= 0.6 is 23.8 Å². The van der Waals surface area contributed by atoms with Gasteiger partial charge in [-0.25, -0.2) is 4.39 Å². The Morgan fingerprint density at radius 1 is 1.11 bits per heavy atom. The maximum Gasteiger partial charge on any atom is 0.175 e. The number of benzene rings is 2. The van der Waals surface area contributed by atoms with Gasteiger partial charge in [-0.15, -0.1) is 0 Å². The van der Waals surface area contributed by atoms with Gasteiger partial charge >= 0.3 is 0 Å². The zero-order chi connectivity index (χ0) is 13.8. The number of hydrogen-bond acceptors (Lipinski definition) is 1. The highest BCUT2D eigenvalue weighted by Gasteiger charge is 2.04. The molecule has 0 aliphatic rings. The van der Waals surface area contributed by atoms with Gasteiger partial charge in [0.05, 0.1) is 5.69 Å². The third kappa shape index (κ3) is 3.91. The van der Waals surface area contributed by atoms with Crippen LogP contribution < -0.4 is 10.6 Å². The van der Waals surface area contributed by atoms with Crippen molar-refractivity contribution in [3.05, 3.63) is 58.9 Å². The first-order valence-corrected chi connectivity index (χ1v) is 6.43. The molecule has 2 aromatic rings. The predicted octanol–water partition coefficient (Wildman–Crippen LogP) is 4.60. The van der Waals surface area contributed by atoms with E-state index < -0.39 is 0 Å². The standard InChI is InChI=1S/C14H12ClFN2S/c1-9-2-7-12(16)13(8-9)18-14(19)17-11-5-3-10(15)4-6-11/h2-8H,1H3,(H2,17,18,19). The molecular formula is C14H12ClFN2S. The van der Waals surface area contributed by atoms with E-state index in [1.807, 2.05) is 6.92 Å². The van der Waals surface area contributed by atoms with Gasteiger partial charge in [-0.05, 0) is 61.1 Å². The highest BCUT2D eigenvalue weighted by molar-refractivity contribution is 7.80. The average Bonchev–Trinajstić information content (AvgIpc) is 2.37. The summed E-state index contributed by atoms with van der Waals surface area (Å²) in [6, 6.07) is 11.9. The fourth-order valence-corrected chi connectivity index (χ4v) is 1.91. The predicted molar refractivity (Wildman–Crippen MR) is 82.4 cm³/mol. The summed E-state index contributed by atoms with van der Waals surface area (Å²) in [6.07, 6.45) is 0. The summed E-state index contributed by atoms with van der Waals surface area (Å²) in [4.78, 5) is 0. The van der Waals surface area contributed by atoms with Crippen molar-refractivity contribution < 1.29 is 4.39 Å². The Morgan fingerprint density at radius 2 is 1.79 bits per heavy atom.